The van der Waals surface area contributed by atoms with Crippen LogP contribution in [0.1, 0.15) is 30.9 Å². The third-order valence-electron chi connectivity index (χ3n) is 4.18. The summed E-state index contributed by atoms with van der Waals surface area (Å²) < 4.78 is 1.86. The zero-order chi connectivity index (χ0) is 19.1. The van der Waals surface area contributed by atoms with Crippen molar-refractivity contribution in [2.45, 2.75) is 32.7 Å². The van der Waals surface area contributed by atoms with Crippen molar-refractivity contribution in [3.8, 4) is 0 Å². The molecule has 0 aliphatic rings. The molecule has 0 saturated carbocycles. The summed E-state index contributed by atoms with van der Waals surface area (Å²) in [5.41, 5.74) is 4.31. The lowest BCUT2D eigenvalue weighted by molar-refractivity contribution is 0.687. The SMILES string of the molecule is CCCCc1ccc(NC(=S)Nc2cnn(Cc3ccc(Cl)cc3)c2)cc1. The van der Waals surface area contributed by atoms with Crippen LogP contribution in [0.3, 0.4) is 0 Å². The van der Waals surface area contributed by atoms with Crippen LogP contribution in [0, 0.1) is 0 Å². The molecule has 0 amide bonds. The summed E-state index contributed by atoms with van der Waals surface area (Å²) in [7, 11) is 0. The van der Waals surface area contributed by atoms with E-state index < -0.39 is 0 Å². The van der Waals surface area contributed by atoms with Gasteiger partial charge < -0.3 is 10.6 Å². The Labute approximate surface area is 170 Å². The molecule has 0 unspecified atom stereocenters. The predicted octanol–water partition coefficient (Wildman–Crippen LogP) is 5.74. The van der Waals surface area contributed by atoms with Crippen molar-refractivity contribution >= 4 is 40.3 Å². The molecule has 140 valence electrons. The minimum atomic E-state index is 0.544. The minimum Gasteiger partial charge on any atom is -0.332 e. The third-order valence-corrected chi connectivity index (χ3v) is 4.64. The first-order valence-corrected chi connectivity index (χ1v) is 9.85. The van der Waals surface area contributed by atoms with Gasteiger partial charge >= 0.3 is 0 Å². The Bertz CT molecular complexity index is 872. The standard InChI is InChI=1S/C21H23ClN4S/c1-2-3-4-16-7-11-19(12-8-16)24-21(27)25-20-13-23-26(15-20)14-17-5-9-18(22)10-6-17/h5-13,15H,2-4,14H2,1H3,(H2,24,25,27). The lowest BCUT2D eigenvalue weighted by atomic mass is 10.1. The van der Waals surface area contributed by atoms with Gasteiger partial charge in [-0.2, -0.15) is 5.10 Å². The highest BCUT2D eigenvalue weighted by Crippen LogP contribution is 2.14. The molecule has 0 bridgehead atoms. The summed E-state index contributed by atoms with van der Waals surface area (Å²) in [6, 6.07) is 16.2. The lowest BCUT2D eigenvalue weighted by Gasteiger charge is -2.09. The number of nitrogens with zero attached hydrogens (tertiary/aromatic N) is 2. The number of rotatable bonds is 7. The van der Waals surface area contributed by atoms with Gasteiger partial charge in [-0.25, -0.2) is 0 Å². The zero-order valence-corrected chi connectivity index (χ0v) is 16.9. The molecular weight excluding hydrogens is 376 g/mol. The van der Waals surface area contributed by atoms with E-state index in [-0.39, 0.29) is 0 Å². The maximum absolute atomic E-state index is 5.92. The largest absolute Gasteiger partial charge is 0.332 e. The smallest absolute Gasteiger partial charge is 0.175 e. The fourth-order valence-corrected chi connectivity index (χ4v) is 3.08. The monoisotopic (exact) mass is 398 g/mol. The molecule has 0 aliphatic carbocycles. The van der Waals surface area contributed by atoms with Crippen LogP contribution in [0.15, 0.2) is 60.9 Å². The maximum Gasteiger partial charge on any atom is 0.175 e. The van der Waals surface area contributed by atoms with Crippen molar-refractivity contribution in [2.24, 2.45) is 0 Å². The molecule has 6 heteroatoms. The van der Waals surface area contributed by atoms with Gasteiger partial charge in [0.1, 0.15) is 0 Å². The van der Waals surface area contributed by atoms with Crippen LogP contribution >= 0.6 is 23.8 Å². The van der Waals surface area contributed by atoms with E-state index in [1.54, 1.807) is 6.20 Å². The van der Waals surface area contributed by atoms with Crippen molar-refractivity contribution in [3.63, 3.8) is 0 Å². The highest BCUT2D eigenvalue weighted by Gasteiger charge is 2.03. The predicted molar refractivity (Wildman–Crippen MR) is 118 cm³/mol. The highest BCUT2D eigenvalue weighted by atomic mass is 35.5. The number of halogens is 1. The number of hydrogen-bond acceptors (Lipinski definition) is 2. The number of aromatic nitrogens is 2. The van der Waals surface area contributed by atoms with E-state index in [1.807, 2.05) is 35.1 Å². The zero-order valence-electron chi connectivity index (χ0n) is 15.3. The van der Waals surface area contributed by atoms with Gasteiger partial charge in [0.15, 0.2) is 5.11 Å². The number of benzene rings is 2. The molecule has 1 heterocycles. The summed E-state index contributed by atoms with van der Waals surface area (Å²) in [6.45, 7) is 2.88. The number of unbranched alkanes of at least 4 members (excludes halogenated alkanes) is 1. The first-order chi connectivity index (χ1) is 13.1. The Hall–Kier alpha value is -2.37. The molecule has 3 rings (SSSR count). The Morgan fingerprint density at radius 2 is 1.67 bits per heavy atom. The maximum atomic E-state index is 5.92. The van der Waals surface area contributed by atoms with Gasteiger partial charge in [0.05, 0.1) is 18.4 Å². The molecule has 0 atom stereocenters. The van der Waals surface area contributed by atoms with Crippen LogP contribution in [0.2, 0.25) is 5.02 Å². The number of nitrogens with one attached hydrogen (secondary N) is 2. The summed E-state index contributed by atoms with van der Waals surface area (Å²) in [5.74, 6) is 0. The van der Waals surface area contributed by atoms with Gasteiger partial charge in [0, 0.05) is 16.9 Å². The van der Waals surface area contributed by atoms with Gasteiger partial charge in [-0.1, -0.05) is 49.2 Å². The minimum absolute atomic E-state index is 0.544. The van der Waals surface area contributed by atoms with Crippen molar-refractivity contribution < 1.29 is 0 Å². The van der Waals surface area contributed by atoms with Gasteiger partial charge in [-0.05, 0) is 60.5 Å². The molecule has 4 nitrogen and oxygen atoms in total. The van der Waals surface area contributed by atoms with Crippen molar-refractivity contribution in [1.29, 1.82) is 0 Å². The molecule has 2 N–H and O–H groups in total. The number of hydrogen-bond donors (Lipinski definition) is 2. The van der Waals surface area contributed by atoms with Crippen LogP contribution in [0.25, 0.3) is 0 Å². The van der Waals surface area contributed by atoms with E-state index in [2.05, 4.69) is 46.9 Å². The normalized spacial score (nSPS) is 10.6. The lowest BCUT2D eigenvalue weighted by Crippen LogP contribution is -2.18. The van der Waals surface area contributed by atoms with Gasteiger partial charge in [0.25, 0.3) is 0 Å². The van der Waals surface area contributed by atoms with Crippen LogP contribution in [-0.2, 0) is 13.0 Å². The molecular formula is C21H23ClN4S. The Morgan fingerprint density at radius 1 is 1.00 bits per heavy atom. The van der Waals surface area contributed by atoms with Crippen LogP contribution < -0.4 is 10.6 Å². The van der Waals surface area contributed by atoms with Crippen molar-refractivity contribution in [2.75, 3.05) is 10.6 Å². The molecule has 0 spiro atoms. The Morgan fingerprint density at radius 3 is 2.37 bits per heavy atom. The van der Waals surface area contributed by atoms with E-state index in [1.165, 1.54) is 18.4 Å². The Kier molecular flexibility index (Phi) is 6.85. The fraction of sp³-hybridized carbons (Fsp3) is 0.238. The number of thiocarbonyl (C=S) groups is 1. The molecule has 27 heavy (non-hydrogen) atoms. The van der Waals surface area contributed by atoms with Crippen LogP contribution in [-0.4, -0.2) is 14.9 Å². The molecule has 3 aromatic rings. The second kappa shape index (κ2) is 9.53. The fourth-order valence-electron chi connectivity index (χ4n) is 2.72. The van der Waals surface area contributed by atoms with E-state index in [0.717, 1.165) is 28.4 Å². The highest BCUT2D eigenvalue weighted by molar-refractivity contribution is 7.80. The number of anilines is 2. The first kappa shape index (κ1) is 19.4. The van der Waals surface area contributed by atoms with Crippen molar-refractivity contribution in [1.82, 2.24) is 9.78 Å². The van der Waals surface area contributed by atoms with Crippen molar-refractivity contribution in [3.05, 3.63) is 77.1 Å². The summed E-state index contributed by atoms with van der Waals surface area (Å²) in [6.07, 6.45) is 7.23. The van der Waals surface area contributed by atoms with E-state index in [4.69, 9.17) is 23.8 Å². The van der Waals surface area contributed by atoms with E-state index in [9.17, 15) is 0 Å². The molecule has 0 radical (unpaired) electrons. The average Bonchev–Trinajstić information content (AvgIpc) is 3.09. The quantitative estimate of drug-likeness (QED) is 0.498. The first-order valence-electron chi connectivity index (χ1n) is 9.06. The summed E-state index contributed by atoms with van der Waals surface area (Å²) in [5, 5.41) is 12.0. The molecule has 0 fully saturated rings. The van der Waals surface area contributed by atoms with Crippen LogP contribution in [0.4, 0.5) is 11.4 Å². The third kappa shape index (κ3) is 6.08. The number of aryl methyl sites for hydroxylation is 1. The molecule has 0 saturated heterocycles. The van der Waals surface area contributed by atoms with Crippen LogP contribution in [0.5, 0.6) is 0 Å². The summed E-state index contributed by atoms with van der Waals surface area (Å²) >= 11 is 11.3. The second-order valence-corrected chi connectivity index (χ2v) is 7.28. The topological polar surface area (TPSA) is 41.9 Å². The van der Waals surface area contributed by atoms with E-state index in [0.29, 0.717) is 11.7 Å². The molecule has 0 aliphatic heterocycles. The average molecular weight is 399 g/mol. The van der Waals surface area contributed by atoms with E-state index >= 15 is 0 Å². The van der Waals surface area contributed by atoms with Gasteiger partial charge in [-0.15, -0.1) is 0 Å². The summed E-state index contributed by atoms with van der Waals surface area (Å²) in [4.78, 5) is 0. The second-order valence-electron chi connectivity index (χ2n) is 6.43. The Balaban J connectivity index is 1.52. The van der Waals surface area contributed by atoms with Gasteiger partial charge in [-0.3, -0.25) is 4.68 Å². The molecule has 1 aromatic heterocycles. The molecule has 2 aromatic carbocycles. The van der Waals surface area contributed by atoms with Gasteiger partial charge in [0.2, 0.25) is 0 Å².